The molecule has 0 radical (unpaired) electrons. The third-order valence-electron chi connectivity index (χ3n) is 5.24. The monoisotopic (exact) mass is 437 g/mol. The highest BCUT2D eigenvalue weighted by Gasteiger charge is 2.25. The van der Waals surface area contributed by atoms with E-state index >= 15 is 0 Å². The van der Waals surface area contributed by atoms with Gasteiger partial charge in [0.1, 0.15) is 6.61 Å². The van der Waals surface area contributed by atoms with Crippen molar-refractivity contribution in [3.63, 3.8) is 0 Å². The molecule has 2 heterocycles. The summed E-state index contributed by atoms with van der Waals surface area (Å²) in [4.78, 5) is 22.6. The molecule has 1 amide bonds. The van der Waals surface area contributed by atoms with Gasteiger partial charge < -0.3 is 19.4 Å². The van der Waals surface area contributed by atoms with Crippen LogP contribution in [0.3, 0.4) is 0 Å². The molecule has 1 aliphatic heterocycles. The molecule has 3 aromatic rings. The molecule has 7 heteroatoms. The smallest absolute Gasteiger partial charge is 0.233 e. The number of benzene rings is 2. The first-order chi connectivity index (χ1) is 15.1. The van der Waals surface area contributed by atoms with Gasteiger partial charge in [0.2, 0.25) is 5.91 Å². The molecule has 1 atom stereocenters. The van der Waals surface area contributed by atoms with Gasteiger partial charge in [0.15, 0.2) is 22.8 Å². The van der Waals surface area contributed by atoms with E-state index in [1.807, 2.05) is 61.2 Å². The van der Waals surface area contributed by atoms with Crippen molar-refractivity contribution in [3.8, 4) is 11.5 Å². The van der Waals surface area contributed by atoms with Crippen LogP contribution in [0.25, 0.3) is 0 Å². The summed E-state index contributed by atoms with van der Waals surface area (Å²) in [5, 5.41) is 0.777. The summed E-state index contributed by atoms with van der Waals surface area (Å²) in [6, 6.07) is 17.9. The van der Waals surface area contributed by atoms with Crippen LogP contribution in [0.5, 0.6) is 11.5 Å². The number of fused-ring (bicyclic) bond motifs is 1. The minimum absolute atomic E-state index is 0.0635. The van der Waals surface area contributed by atoms with Gasteiger partial charge in [-0.15, -0.1) is 0 Å². The molecule has 31 heavy (non-hydrogen) atoms. The van der Waals surface area contributed by atoms with E-state index in [1.165, 1.54) is 17.3 Å². The van der Waals surface area contributed by atoms with Crippen molar-refractivity contribution in [2.24, 2.45) is 0 Å². The van der Waals surface area contributed by atoms with Crippen LogP contribution in [-0.4, -0.2) is 52.3 Å². The van der Waals surface area contributed by atoms with Crippen LogP contribution in [0.15, 0.2) is 59.8 Å². The number of likely N-dealkylation sites (N-methyl/N-ethyl adjacent to an activating group) is 1. The van der Waals surface area contributed by atoms with Crippen LogP contribution in [0.2, 0.25) is 0 Å². The summed E-state index contributed by atoms with van der Waals surface area (Å²) in [6.07, 6.45) is 0.603. The number of hydrogen-bond donors (Lipinski definition) is 1. The molecule has 0 saturated heterocycles. The number of nitrogens with zero attached hydrogens (tertiary/aromatic N) is 2. The van der Waals surface area contributed by atoms with Gasteiger partial charge in [-0.1, -0.05) is 54.2 Å². The number of ether oxygens (including phenoxy) is 2. The van der Waals surface area contributed by atoms with Crippen LogP contribution < -0.4 is 9.47 Å². The van der Waals surface area contributed by atoms with Gasteiger partial charge in [-0.25, -0.2) is 4.98 Å². The SMILES string of the molecule is CCN(C[C@H]1COc2ccccc2O1)C(=O)CSc1nc(Cc2ccccc2)c(C)[nH]1. The predicted molar refractivity (Wildman–Crippen MR) is 122 cm³/mol. The Morgan fingerprint density at radius 2 is 1.90 bits per heavy atom. The van der Waals surface area contributed by atoms with E-state index in [2.05, 4.69) is 17.1 Å². The van der Waals surface area contributed by atoms with Crippen molar-refractivity contribution in [1.29, 1.82) is 0 Å². The van der Waals surface area contributed by atoms with Gasteiger partial charge in [0, 0.05) is 18.7 Å². The number of imidazole rings is 1. The predicted octanol–water partition coefficient (Wildman–Crippen LogP) is 4.09. The van der Waals surface area contributed by atoms with Crippen LogP contribution in [-0.2, 0) is 11.2 Å². The standard InChI is InChI=1S/C24H27N3O3S/c1-3-27(14-19-15-29-21-11-7-8-12-22(21)30-19)23(28)16-31-24-25-17(2)20(26-24)13-18-9-5-4-6-10-18/h4-12,19H,3,13-16H2,1-2H3,(H,25,26)/t19-/m0/s1. The summed E-state index contributed by atoms with van der Waals surface area (Å²) in [5.41, 5.74) is 3.27. The highest BCUT2D eigenvalue weighted by molar-refractivity contribution is 7.99. The fraction of sp³-hybridized carbons (Fsp3) is 0.333. The molecule has 1 aliphatic rings. The molecule has 0 bridgehead atoms. The first-order valence-corrected chi connectivity index (χ1v) is 11.5. The van der Waals surface area contributed by atoms with Gasteiger partial charge in [-0.3, -0.25) is 4.79 Å². The van der Waals surface area contributed by atoms with Crippen molar-refractivity contribution in [2.45, 2.75) is 31.5 Å². The number of carbonyl (C=O) groups is 1. The van der Waals surface area contributed by atoms with Gasteiger partial charge in [-0.05, 0) is 31.5 Å². The molecule has 0 aliphatic carbocycles. The second kappa shape index (κ2) is 9.92. The van der Waals surface area contributed by atoms with Crippen molar-refractivity contribution >= 4 is 17.7 Å². The third-order valence-corrected chi connectivity index (χ3v) is 6.09. The number of carbonyl (C=O) groups excluding carboxylic acids is 1. The maximum absolute atomic E-state index is 12.8. The first kappa shape index (κ1) is 21.3. The number of aryl methyl sites for hydroxylation is 1. The lowest BCUT2D eigenvalue weighted by molar-refractivity contribution is -0.129. The van der Waals surface area contributed by atoms with Crippen LogP contribution >= 0.6 is 11.8 Å². The molecular formula is C24H27N3O3S. The lowest BCUT2D eigenvalue weighted by Gasteiger charge is -2.30. The number of amides is 1. The maximum Gasteiger partial charge on any atom is 0.233 e. The van der Waals surface area contributed by atoms with Crippen molar-refractivity contribution in [1.82, 2.24) is 14.9 Å². The molecular weight excluding hydrogens is 410 g/mol. The molecule has 4 rings (SSSR count). The summed E-state index contributed by atoms with van der Waals surface area (Å²) >= 11 is 1.44. The highest BCUT2D eigenvalue weighted by atomic mass is 32.2. The number of nitrogens with one attached hydrogen (secondary N) is 1. The molecule has 0 unspecified atom stereocenters. The lowest BCUT2D eigenvalue weighted by Crippen LogP contribution is -2.44. The maximum atomic E-state index is 12.8. The minimum atomic E-state index is -0.174. The summed E-state index contributed by atoms with van der Waals surface area (Å²) < 4.78 is 11.8. The third kappa shape index (κ3) is 5.41. The summed E-state index contributed by atoms with van der Waals surface area (Å²) in [7, 11) is 0. The normalized spacial score (nSPS) is 15.0. The Morgan fingerprint density at radius 1 is 1.16 bits per heavy atom. The molecule has 2 aromatic carbocycles. The quantitative estimate of drug-likeness (QED) is 0.538. The van der Waals surface area contributed by atoms with Crippen molar-refractivity contribution in [2.75, 3.05) is 25.4 Å². The largest absolute Gasteiger partial charge is 0.486 e. The zero-order valence-electron chi connectivity index (χ0n) is 17.8. The van der Waals surface area contributed by atoms with Gasteiger partial charge in [0.05, 0.1) is 18.0 Å². The lowest BCUT2D eigenvalue weighted by atomic mass is 10.1. The topological polar surface area (TPSA) is 67.5 Å². The molecule has 0 fully saturated rings. The second-order valence-electron chi connectivity index (χ2n) is 7.49. The van der Waals surface area contributed by atoms with E-state index in [0.717, 1.165) is 34.5 Å². The highest BCUT2D eigenvalue weighted by Crippen LogP contribution is 2.31. The molecule has 0 spiro atoms. The zero-order chi connectivity index (χ0) is 21.6. The molecule has 6 nitrogen and oxygen atoms in total. The fourth-order valence-corrected chi connectivity index (χ4v) is 4.37. The van der Waals surface area contributed by atoms with Gasteiger partial charge >= 0.3 is 0 Å². The average Bonchev–Trinajstić information content (AvgIpc) is 3.15. The van der Waals surface area contributed by atoms with E-state index in [-0.39, 0.29) is 12.0 Å². The van der Waals surface area contributed by atoms with Gasteiger partial charge in [0.25, 0.3) is 0 Å². The number of rotatable bonds is 8. The van der Waals surface area contributed by atoms with Crippen LogP contribution in [0, 0.1) is 6.92 Å². The van der Waals surface area contributed by atoms with E-state index in [4.69, 9.17) is 14.5 Å². The van der Waals surface area contributed by atoms with E-state index in [0.29, 0.717) is 25.4 Å². The Bertz CT molecular complexity index is 1020. The van der Waals surface area contributed by atoms with E-state index in [1.54, 1.807) is 0 Å². The number of para-hydroxylation sites is 2. The Morgan fingerprint density at radius 3 is 2.68 bits per heavy atom. The van der Waals surface area contributed by atoms with Crippen molar-refractivity contribution in [3.05, 3.63) is 71.5 Å². The number of hydrogen-bond acceptors (Lipinski definition) is 5. The van der Waals surface area contributed by atoms with Gasteiger partial charge in [-0.2, -0.15) is 0 Å². The Balaban J connectivity index is 1.31. The number of thioether (sulfide) groups is 1. The number of aromatic amines is 1. The fourth-order valence-electron chi connectivity index (χ4n) is 3.52. The molecule has 1 N–H and O–H groups in total. The molecule has 1 aromatic heterocycles. The van der Waals surface area contributed by atoms with Crippen LogP contribution in [0.1, 0.15) is 23.9 Å². The van der Waals surface area contributed by atoms with E-state index in [9.17, 15) is 4.79 Å². The molecule has 0 saturated carbocycles. The Labute approximate surface area is 187 Å². The minimum Gasteiger partial charge on any atom is -0.486 e. The van der Waals surface area contributed by atoms with Crippen molar-refractivity contribution < 1.29 is 14.3 Å². The Kier molecular flexibility index (Phi) is 6.82. The number of H-pyrrole nitrogens is 1. The zero-order valence-corrected chi connectivity index (χ0v) is 18.7. The second-order valence-corrected chi connectivity index (χ2v) is 8.46. The van der Waals surface area contributed by atoms with Crippen LogP contribution in [0.4, 0.5) is 0 Å². The summed E-state index contributed by atoms with van der Waals surface area (Å²) in [5.74, 6) is 1.88. The summed E-state index contributed by atoms with van der Waals surface area (Å²) in [6.45, 7) is 5.56. The first-order valence-electron chi connectivity index (χ1n) is 10.5. The average molecular weight is 438 g/mol. The van der Waals surface area contributed by atoms with E-state index < -0.39 is 0 Å². The Hall–Kier alpha value is -2.93. The number of aromatic nitrogens is 2. The molecule has 162 valence electrons.